The van der Waals surface area contributed by atoms with Gasteiger partial charge in [-0.1, -0.05) is 41.9 Å². The van der Waals surface area contributed by atoms with Crippen molar-refractivity contribution in [1.82, 2.24) is 0 Å². The Morgan fingerprint density at radius 3 is 2.23 bits per heavy atom. The van der Waals surface area contributed by atoms with E-state index < -0.39 is 15.9 Å². The maximum atomic E-state index is 13.4. The third-order valence-electron chi connectivity index (χ3n) is 4.87. The summed E-state index contributed by atoms with van der Waals surface area (Å²) >= 11 is 6.03. The molecule has 0 atom stereocenters. The number of halogens is 1. The fraction of sp³-hybridized carbons (Fsp3) is 0.174. The molecule has 0 aromatic heterocycles. The summed E-state index contributed by atoms with van der Waals surface area (Å²) in [5.41, 5.74) is 3.78. The third kappa shape index (κ3) is 4.83. The second-order valence-electron chi connectivity index (χ2n) is 7.10. The molecule has 0 bridgehead atoms. The molecule has 0 unspecified atom stereocenters. The summed E-state index contributed by atoms with van der Waals surface area (Å²) in [5.74, 6) is -0.460. The predicted octanol–water partition coefficient (Wildman–Crippen LogP) is 5.10. The minimum absolute atomic E-state index is 0.120. The van der Waals surface area contributed by atoms with Gasteiger partial charge in [0.1, 0.15) is 6.54 Å². The van der Waals surface area contributed by atoms with E-state index in [-0.39, 0.29) is 11.4 Å². The van der Waals surface area contributed by atoms with E-state index in [2.05, 4.69) is 5.32 Å². The van der Waals surface area contributed by atoms with Gasteiger partial charge in [0.05, 0.1) is 10.6 Å². The Bertz CT molecular complexity index is 1180. The monoisotopic (exact) mass is 442 g/mol. The van der Waals surface area contributed by atoms with Crippen LogP contribution in [0.1, 0.15) is 16.7 Å². The molecule has 156 valence electrons. The summed E-state index contributed by atoms with van der Waals surface area (Å²) in [5, 5.41) is 3.26. The molecule has 3 aromatic rings. The Morgan fingerprint density at radius 2 is 1.57 bits per heavy atom. The summed E-state index contributed by atoms with van der Waals surface area (Å²) in [7, 11) is -3.94. The molecular weight excluding hydrogens is 420 g/mol. The van der Waals surface area contributed by atoms with Crippen LogP contribution in [0, 0.1) is 20.8 Å². The summed E-state index contributed by atoms with van der Waals surface area (Å²) < 4.78 is 27.9. The molecule has 1 N–H and O–H groups in total. The zero-order chi connectivity index (χ0) is 21.9. The average molecular weight is 443 g/mol. The molecule has 1 amide bonds. The van der Waals surface area contributed by atoms with Gasteiger partial charge in [-0.2, -0.15) is 0 Å². The molecule has 0 saturated heterocycles. The van der Waals surface area contributed by atoms with Crippen molar-refractivity contribution in [2.24, 2.45) is 0 Å². The molecule has 0 aliphatic rings. The van der Waals surface area contributed by atoms with Gasteiger partial charge < -0.3 is 5.32 Å². The second-order valence-corrected chi connectivity index (χ2v) is 9.40. The van der Waals surface area contributed by atoms with Crippen molar-refractivity contribution < 1.29 is 13.2 Å². The van der Waals surface area contributed by atoms with E-state index in [9.17, 15) is 13.2 Å². The Hall–Kier alpha value is -2.83. The Labute approximate surface area is 182 Å². The number of rotatable bonds is 6. The first-order valence-electron chi connectivity index (χ1n) is 9.39. The Kier molecular flexibility index (Phi) is 6.48. The largest absolute Gasteiger partial charge is 0.324 e. The summed E-state index contributed by atoms with van der Waals surface area (Å²) in [6.07, 6.45) is 0. The summed E-state index contributed by atoms with van der Waals surface area (Å²) in [6.45, 7) is 5.32. The van der Waals surface area contributed by atoms with Crippen LogP contribution in [0.3, 0.4) is 0 Å². The summed E-state index contributed by atoms with van der Waals surface area (Å²) in [6, 6.07) is 18.6. The SMILES string of the molecule is Cc1ccc(N(CC(=O)Nc2cc(Cl)ccc2C)S(=O)(=O)c2ccccc2)cc1C. The van der Waals surface area contributed by atoms with Crippen LogP contribution in [-0.4, -0.2) is 20.9 Å². The van der Waals surface area contributed by atoms with E-state index in [1.165, 1.54) is 12.1 Å². The fourth-order valence-electron chi connectivity index (χ4n) is 2.96. The molecular formula is C23H23ClN2O3S. The zero-order valence-corrected chi connectivity index (χ0v) is 18.6. The molecule has 7 heteroatoms. The first-order valence-corrected chi connectivity index (χ1v) is 11.2. The molecule has 0 spiro atoms. The average Bonchev–Trinajstić information content (AvgIpc) is 2.71. The van der Waals surface area contributed by atoms with Crippen molar-refractivity contribution >= 4 is 38.9 Å². The van der Waals surface area contributed by atoms with Crippen LogP contribution in [0.5, 0.6) is 0 Å². The van der Waals surface area contributed by atoms with E-state index in [4.69, 9.17) is 11.6 Å². The van der Waals surface area contributed by atoms with Gasteiger partial charge in [0.25, 0.3) is 10.0 Å². The van der Waals surface area contributed by atoms with Crippen LogP contribution < -0.4 is 9.62 Å². The Morgan fingerprint density at radius 1 is 0.900 bits per heavy atom. The van der Waals surface area contributed by atoms with Gasteiger partial charge in [0.2, 0.25) is 5.91 Å². The highest BCUT2D eigenvalue weighted by molar-refractivity contribution is 7.92. The lowest BCUT2D eigenvalue weighted by Gasteiger charge is -2.25. The minimum Gasteiger partial charge on any atom is -0.324 e. The van der Waals surface area contributed by atoms with Gasteiger partial charge in [-0.05, 0) is 73.9 Å². The third-order valence-corrected chi connectivity index (χ3v) is 6.89. The highest BCUT2D eigenvalue weighted by Crippen LogP contribution is 2.26. The lowest BCUT2D eigenvalue weighted by atomic mass is 10.1. The number of benzene rings is 3. The molecule has 3 aromatic carbocycles. The van der Waals surface area contributed by atoms with E-state index in [1.807, 2.05) is 26.8 Å². The smallest absolute Gasteiger partial charge is 0.264 e. The van der Waals surface area contributed by atoms with Gasteiger partial charge >= 0.3 is 0 Å². The molecule has 0 heterocycles. The quantitative estimate of drug-likeness (QED) is 0.577. The van der Waals surface area contributed by atoms with Crippen molar-refractivity contribution in [3.8, 4) is 0 Å². The molecule has 0 aliphatic carbocycles. The van der Waals surface area contributed by atoms with E-state index in [0.717, 1.165) is 21.0 Å². The van der Waals surface area contributed by atoms with Crippen LogP contribution in [0.25, 0.3) is 0 Å². The van der Waals surface area contributed by atoms with Crippen molar-refractivity contribution in [3.05, 3.63) is 88.4 Å². The number of amides is 1. The maximum Gasteiger partial charge on any atom is 0.264 e. The molecule has 0 aliphatic heterocycles. The molecule has 0 fully saturated rings. The number of aryl methyl sites for hydroxylation is 3. The molecule has 0 saturated carbocycles. The highest BCUT2D eigenvalue weighted by Gasteiger charge is 2.27. The van der Waals surface area contributed by atoms with Gasteiger partial charge in [0, 0.05) is 10.7 Å². The number of sulfonamides is 1. The van der Waals surface area contributed by atoms with Crippen LogP contribution in [0.4, 0.5) is 11.4 Å². The number of carbonyl (C=O) groups is 1. The zero-order valence-electron chi connectivity index (χ0n) is 17.0. The topological polar surface area (TPSA) is 66.5 Å². The lowest BCUT2D eigenvalue weighted by molar-refractivity contribution is -0.114. The number of carbonyl (C=O) groups excluding carboxylic acids is 1. The minimum atomic E-state index is -3.94. The fourth-order valence-corrected chi connectivity index (χ4v) is 4.57. The number of nitrogens with zero attached hydrogens (tertiary/aromatic N) is 1. The number of nitrogens with one attached hydrogen (secondary N) is 1. The normalized spacial score (nSPS) is 11.2. The molecule has 0 radical (unpaired) electrons. The Balaban J connectivity index is 1.98. The predicted molar refractivity (Wildman–Crippen MR) is 122 cm³/mol. The first kappa shape index (κ1) is 21.9. The van der Waals surface area contributed by atoms with Gasteiger partial charge in [-0.3, -0.25) is 9.10 Å². The number of anilines is 2. The standard InChI is InChI=1S/C23H23ClN2O3S/c1-16-10-12-20(13-18(16)3)26(30(28,29)21-7-5-4-6-8-21)15-23(27)25-22-14-19(24)11-9-17(22)2/h4-14H,15H2,1-3H3,(H,25,27). The number of hydrogen-bond donors (Lipinski definition) is 1. The van der Waals surface area contributed by atoms with Crippen molar-refractivity contribution in [1.29, 1.82) is 0 Å². The van der Waals surface area contributed by atoms with Crippen molar-refractivity contribution in [2.45, 2.75) is 25.7 Å². The lowest BCUT2D eigenvalue weighted by Crippen LogP contribution is -2.38. The van der Waals surface area contributed by atoms with E-state index >= 15 is 0 Å². The molecule has 5 nitrogen and oxygen atoms in total. The number of hydrogen-bond acceptors (Lipinski definition) is 3. The summed E-state index contributed by atoms with van der Waals surface area (Å²) in [4.78, 5) is 12.9. The van der Waals surface area contributed by atoms with Crippen LogP contribution in [0.2, 0.25) is 5.02 Å². The van der Waals surface area contributed by atoms with Crippen molar-refractivity contribution in [3.63, 3.8) is 0 Å². The highest BCUT2D eigenvalue weighted by atomic mass is 35.5. The second kappa shape index (κ2) is 8.90. The van der Waals surface area contributed by atoms with E-state index in [0.29, 0.717) is 16.4 Å². The first-order chi connectivity index (χ1) is 14.2. The van der Waals surface area contributed by atoms with Crippen molar-refractivity contribution in [2.75, 3.05) is 16.2 Å². The van der Waals surface area contributed by atoms with Gasteiger partial charge in [-0.25, -0.2) is 8.42 Å². The maximum absolute atomic E-state index is 13.4. The molecule has 3 rings (SSSR count). The van der Waals surface area contributed by atoms with Gasteiger partial charge in [-0.15, -0.1) is 0 Å². The van der Waals surface area contributed by atoms with Crippen LogP contribution in [0.15, 0.2) is 71.6 Å². The van der Waals surface area contributed by atoms with Crippen LogP contribution >= 0.6 is 11.6 Å². The van der Waals surface area contributed by atoms with Crippen LogP contribution in [-0.2, 0) is 14.8 Å². The van der Waals surface area contributed by atoms with Gasteiger partial charge in [0.15, 0.2) is 0 Å². The molecule has 30 heavy (non-hydrogen) atoms. The van der Waals surface area contributed by atoms with E-state index in [1.54, 1.807) is 48.5 Å².